The molecule has 3 heterocycles. The summed E-state index contributed by atoms with van der Waals surface area (Å²) in [4.78, 5) is 16.4. The Morgan fingerprint density at radius 3 is 3.04 bits per heavy atom. The van der Waals surface area contributed by atoms with Gasteiger partial charge in [0.1, 0.15) is 5.82 Å². The number of anilines is 2. The number of nitrogens with zero attached hydrogens (tertiary/aromatic N) is 5. The van der Waals surface area contributed by atoms with Gasteiger partial charge in [-0.15, -0.1) is 0 Å². The monoisotopic (exact) mass is 337 g/mol. The molecule has 0 unspecified atom stereocenters. The highest BCUT2D eigenvalue weighted by Crippen LogP contribution is 2.22. The number of nitrogens with two attached hydrogens (primary N) is 1. The lowest BCUT2D eigenvalue weighted by Gasteiger charge is -2.10. The smallest absolute Gasteiger partial charge is 0.226 e. The first-order chi connectivity index (χ1) is 12.2. The second-order valence-corrected chi connectivity index (χ2v) is 5.72. The quantitative estimate of drug-likeness (QED) is 0.417. The molecule has 0 radical (unpaired) electrons. The summed E-state index contributed by atoms with van der Waals surface area (Å²) in [6.07, 6.45) is 3.46. The molecular formula is C16H19N9. The largest absolute Gasteiger partial charge is 0.365 e. The summed E-state index contributed by atoms with van der Waals surface area (Å²) in [5, 5.41) is 11.7. The first-order valence-corrected chi connectivity index (χ1v) is 8.04. The van der Waals surface area contributed by atoms with Crippen LogP contribution >= 0.6 is 0 Å². The molecule has 1 aromatic carbocycles. The van der Waals surface area contributed by atoms with E-state index in [1.54, 1.807) is 17.2 Å². The number of aromatic amines is 1. The summed E-state index contributed by atoms with van der Waals surface area (Å²) in [5.41, 5.74) is 9.41. The van der Waals surface area contributed by atoms with Crippen molar-refractivity contribution in [2.45, 2.75) is 6.54 Å². The van der Waals surface area contributed by atoms with E-state index in [4.69, 9.17) is 5.73 Å². The van der Waals surface area contributed by atoms with Crippen molar-refractivity contribution in [2.24, 2.45) is 12.8 Å². The molecule has 0 saturated heterocycles. The van der Waals surface area contributed by atoms with Crippen molar-refractivity contribution < 1.29 is 0 Å². The maximum Gasteiger partial charge on any atom is 0.226 e. The maximum atomic E-state index is 5.55. The van der Waals surface area contributed by atoms with Crippen LogP contribution < -0.4 is 16.4 Å². The Kier molecular flexibility index (Phi) is 3.90. The van der Waals surface area contributed by atoms with Crippen LogP contribution in [-0.2, 0) is 13.6 Å². The number of hydrogen-bond donors (Lipinski definition) is 4. The third kappa shape index (κ3) is 2.96. The molecule has 9 nitrogen and oxygen atoms in total. The van der Waals surface area contributed by atoms with E-state index in [0.717, 1.165) is 33.4 Å². The van der Waals surface area contributed by atoms with Crippen LogP contribution in [0.1, 0.15) is 5.56 Å². The van der Waals surface area contributed by atoms with Gasteiger partial charge in [-0.05, 0) is 17.7 Å². The highest BCUT2D eigenvalue weighted by molar-refractivity contribution is 5.87. The van der Waals surface area contributed by atoms with Gasteiger partial charge in [-0.1, -0.05) is 6.07 Å². The van der Waals surface area contributed by atoms with Crippen molar-refractivity contribution in [1.82, 2.24) is 29.7 Å². The molecule has 0 spiro atoms. The van der Waals surface area contributed by atoms with Crippen molar-refractivity contribution in [1.29, 1.82) is 0 Å². The predicted molar refractivity (Wildman–Crippen MR) is 97.3 cm³/mol. The van der Waals surface area contributed by atoms with E-state index in [0.29, 0.717) is 25.6 Å². The summed E-state index contributed by atoms with van der Waals surface area (Å²) >= 11 is 0. The number of hydrogen-bond acceptors (Lipinski definition) is 7. The van der Waals surface area contributed by atoms with Crippen molar-refractivity contribution in [2.75, 3.05) is 23.7 Å². The van der Waals surface area contributed by atoms with Crippen molar-refractivity contribution >= 4 is 33.8 Å². The topological polar surface area (TPSA) is 122 Å². The van der Waals surface area contributed by atoms with Crippen LogP contribution in [0.25, 0.3) is 22.1 Å². The van der Waals surface area contributed by atoms with Crippen LogP contribution in [0.5, 0.6) is 0 Å². The van der Waals surface area contributed by atoms with Crippen LogP contribution in [0.15, 0.2) is 30.7 Å². The Balaban J connectivity index is 1.62. The van der Waals surface area contributed by atoms with E-state index in [2.05, 4.69) is 41.7 Å². The van der Waals surface area contributed by atoms with E-state index in [1.807, 2.05) is 19.2 Å². The zero-order chi connectivity index (χ0) is 17.2. The zero-order valence-corrected chi connectivity index (χ0v) is 13.8. The van der Waals surface area contributed by atoms with Crippen LogP contribution in [-0.4, -0.2) is 42.8 Å². The number of benzene rings is 1. The Bertz CT molecular complexity index is 1020. The first kappa shape index (κ1) is 15.3. The molecule has 9 heteroatoms. The molecule has 0 amide bonds. The lowest BCUT2D eigenvalue weighted by atomic mass is 10.2. The Morgan fingerprint density at radius 2 is 2.16 bits per heavy atom. The molecular weight excluding hydrogens is 318 g/mol. The van der Waals surface area contributed by atoms with Gasteiger partial charge in [0.25, 0.3) is 0 Å². The lowest BCUT2D eigenvalue weighted by Crippen LogP contribution is -2.15. The summed E-state index contributed by atoms with van der Waals surface area (Å²) in [5.74, 6) is 1.27. The number of H-pyrrole nitrogens is 1. The summed E-state index contributed by atoms with van der Waals surface area (Å²) in [7, 11) is 1.86. The van der Waals surface area contributed by atoms with Gasteiger partial charge >= 0.3 is 0 Å². The standard InChI is InChI=1S/C16H19N9/c1-25-15-11(8-22-25)14(23-16(24-15)18-5-4-17)19-7-10-2-3-12-13(6-10)21-9-20-12/h2-3,6,8-9H,4-5,7,17H2,1H3,(H,20,21)(H2,18,19,23,24). The summed E-state index contributed by atoms with van der Waals surface area (Å²) in [6.45, 7) is 1.76. The SMILES string of the molecule is Cn1ncc2c(NCc3ccc4nc[nH]c4c3)nc(NCCN)nc21. The Hall–Kier alpha value is -3.20. The average molecular weight is 337 g/mol. The highest BCUT2D eigenvalue weighted by atomic mass is 15.3. The van der Waals surface area contributed by atoms with Gasteiger partial charge in [0.05, 0.1) is 28.9 Å². The minimum atomic E-state index is 0.514. The molecule has 128 valence electrons. The molecule has 4 aromatic rings. The average Bonchev–Trinajstić information content (AvgIpc) is 3.24. The fourth-order valence-corrected chi connectivity index (χ4v) is 2.70. The van der Waals surface area contributed by atoms with Gasteiger partial charge in [-0.3, -0.25) is 4.68 Å². The van der Waals surface area contributed by atoms with Crippen LogP contribution in [0, 0.1) is 0 Å². The van der Waals surface area contributed by atoms with Crippen molar-refractivity contribution in [3.8, 4) is 0 Å². The normalized spacial score (nSPS) is 11.3. The molecule has 5 N–H and O–H groups in total. The van der Waals surface area contributed by atoms with Crippen LogP contribution in [0.4, 0.5) is 11.8 Å². The van der Waals surface area contributed by atoms with E-state index < -0.39 is 0 Å². The number of imidazole rings is 1. The number of aryl methyl sites for hydroxylation is 1. The fraction of sp³-hybridized carbons (Fsp3) is 0.250. The van der Waals surface area contributed by atoms with Crippen LogP contribution in [0.2, 0.25) is 0 Å². The van der Waals surface area contributed by atoms with Gasteiger partial charge in [-0.2, -0.15) is 15.1 Å². The van der Waals surface area contributed by atoms with E-state index in [-0.39, 0.29) is 0 Å². The first-order valence-electron chi connectivity index (χ1n) is 8.04. The number of fused-ring (bicyclic) bond motifs is 2. The second-order valence-electron chi connectivity index (χ2n) is 5.72. The molecule has 4 rings (SSSR count). The van der Waals surface area contributed by atoms with Crippen LogP contribution in [0.3, 0.4) is 0 Å². The fourth-order valence-electron chi connectivity index (χ4n) is 2.70. The second kappa shape index (κ2) is 6.36. The van der Waals surface area contributed by atoms with Gasteiger partial charge in [0.2, 0.25) is 5.95 Å². The minimum absolute atomic E-state index is 0.514. The highest BCUT2D eigenvalue weighted by Gasteiger charge is 2.11. The van der Waals surface area contributed by atoms with Gasteiger partial charge in [0.15, 0.2) is 5.65 Å². The zero-order valence-electron chi connectivity index (χ0n) is 13.8. The molecule has 25 heavy (non-hydrogen) atoms. The molecule has 0 aliphatic heterocycles. The molecule has 0 aliphatic rings. The minimum Gasteiger partial charge on any atom is -0.365 e. The van der Waals surface area contributed by atoms with Gasteiger partial charge < -0.3 is 21.4 Å². The Labute approximate surface area is 143 Å². The summed E-state index contributed by atoms with van der Waals surface area (Å²) in [6, 6.07) is 6.12. The molecule has 0 bridgehead atoms. The van der Waals surface area contributed by atoms with E-state index in [9.17, 15) is 0 Å². The van der Waals surface area contributed by atoms with Gasteiger partial charge in [0, 0.05) is 26.7 Å². The lowest BCUT2D eigenvalue weighted by molar-refractivity contribution is 0.785. The summed E-state index contributed by atoms with van der Waals surface area (Å²) < 4.78 is 1.73. The third-order valence-corrected chi connectivity index (χ3v) is 3.96. The van der Waals surface area contributed by atoms with E-state index in [1.165, 1.54) is 0 Å². The van der Waals surface area contributed by atoms with Gasteiger partial charge in [-0.25, -0.2) is 4.98 Å². The molecule has 3 aromatic heterocycles. The number of rotatable bonds is 6. The molecule has 0 saturated carbocycles. The predicted octanol–water partition coefficient (Wildman–Crippen LogP) is 1.22. The number of nitrogens with one attached hydrogen (secondary N) is 3. The molecule has 0 atom stereocenters. The Morgan fingerprint density at radius 1 is 1.24 bits per heavy atom. The molecule has 0 aliphatic carbocycles. The van der Waals surface area contributed by atoms with Crippen molar-refractivity contribution in [3.05, 3.63) is 36.3 Å². The maximum absolute atomic E-state index is 5.55. The molecule has 0 fully saturated rings. The number of aromatic nitrogens is 6. The third-order valence-electron chi connectivity index (χ3n) is 3.96. The van der Waals surface area contributed by atoms with Crippen molar-refractivity contribution in [3.63, 3.8) is 0 Å². The van der Waals surface area contributed by atoms with E-state index >= 15 is 0 Å².